The van der Waals surface area contributed by atoms with E-state index in [-0.39, 0.29) is 17.7 Å². The number of amides is 1. The van der Waals surface area contributed by atoms with Crippen molar-refractivity contribution in [2.24, 2.45) is 5.92 Å². The van der Waals surface area contributed by atoms with Crippen LogP contribution >= 0.6 is 0 Å². The van der Waals surface area contributed by atoms with Crippen molar-refractivity contribution >= 4 is 5.91 Å². The Hall–Kier alpha value is -1.51. The highest BCUT2D eigenvalue weighted by Gasteiger charge is 2.21. The highest BCUT2D eigenvalue weighted by Crippen LogP contribution is 2.26. The van der Waals surface area contributed by atoms with Gasteiger partial charge in [0.15, 0.2) is 0 Å². The second kappa shape index (κ2) is 6.60. The molecule has 1 unspecified atom stereocenters. The molecule has 1 aliphatic rings. The van der Waals surface area contributed by atoms with Crippen LogP contribution in [0.5, 0.6) is 5.75 Å². The van der Waals surface area contributed by atoms with Crippen molar-refractivity contribution < 1.29 is 9.90 Å². The van der Waals surface area contributed by atoms with E-state index in [1.807, 2.05) is 6.07 Å². The maximum Gasteiger partial charge on any atom is 0.224 e. The third-order valence-corrected chi connectivity index (χ3v) is 4.02. The van der Waals surface area contributed by atoms with Gasteiger partial charge >= 0.3 is 0 Å². The van der Waals surface area contributed by atoms with Crippen molar-refractivity contribution in [1.82, 2.24) is 5.32 Å². The van der Waals surface area contributed by atoms with Crippen molar-refractivity contribution in [2.75, 3.05) is 0 Å². The lowest BCUT2D eigenvalue weighted by atomic mass is 9.84. The SMILES string of the molecule is CC(NC(=O)Cc1cccc(O)c1)C1CCCCC1. The van der Waals surface area contributed by atoms with E-state index in [1.165, 1.54) is 32.1 Å². The van der Waals surface area contributed by atoms with Gasteiger partial charge in [0.25, 0.3) is 0 Å². The molecule has 19 heavy (non-hydrogen) atoms. The normalized spacial score (nSPS) is 17.9. The van der Waals surface area contributed by atoms with Crippen LogP contribution in [-0.2, 0) is 11.2 Å². The van der Waals surface area contributed by atoms with E-state index < -0.39 is 0 Å². The first-order valence-electron chi connectivity index (χ1n) is 7.22. The maximum atomic E-state index is 12.0. The van der Waals surface area contributed by atoms with Crippen LogP contribution in [0.3, 0.4) is 0 Å². The van der Waals surface area contributed by atoms with Gasteiger partial charge in [0, 0.05) is 6.04 Å². The van der Waals surface area contributed by atoms with Gasteiger partial charge in [0.1, 0.15) is 5.75 Å². The molecule has 1 amide bonds. The number of aromatic hydroxyl groups is 1. The third kappa shape index (κ3) is 4.27. The molecule has 2 rings (SSSR count). The molecule has 0 bridgehead atoms. The molecule has 0 aliphatic heterocycles. The predicted octanol–water partition coefficient (Wildman–Crippen LogP) is 3.02. The Morgan fingerprint density at radius 3 is 2.79 bits per heavy atom. The Morgan fingerprint density at radius 1 is 1.37 bits per heavy atom. The topological polar surface area (TPSA) is 49.3 Å². The monoisotopic (exact) mass is 261 g/mol. The number of benzene rings is 1. The average Bonchev–Trinajstić information content (AvgIpc) is 2.39. The van der Waals surface area contributed by atoms with Crippen molar-refractivity contribution in [2.45, 2.75) is 51.5 Å². The predicted molar refractivity (Wildman–Crippen MR) is 76.0 cm³/mol. The van der Waals surface area contributed by atoms with E-state index in [9.17, 15) is 9.90 Å². The van der Waals surface area contributed by atoms with Crippen LogP contribution in [0.25, 0.3) is 0 Å². The second-order valence-electron chi connectivity index (χ2n) is 5.60. The van der Waals surface area contributed by atoms with Gasteiger partial charge in [0.05, 0.1) is 6.42 Å². The van der Waals surface area contributed by atoms with Crippen molar-refractivity contribution in [3.05, 3.63) is 29.8 Å². The Bertz CT molecular complexity index is 425. The van der Waals surface area contributed by atoms with E-state index in [0.717, 1.165) is 5.56 Å². The molecule has 2 N–H and O–H groups in total. The summed E-state index contributed by atoms with van der Waals surface area (Å²) in [6, 6.07) is 7.15. The summed E-state index contributed by atoms with van der Waals surface area (Å²) in [6.07, 6.45) is 6.71. The Kier molecular flexibility index (Phi) is 4.83. The van der Waals surface area contributed by atoms with E-state index in [2.05, 4.69) is 12.2 Å². The summed E-state index contributed by atoms with van der Waals surface area (Å²) in [5.74, 6) is 0.885. The zero-order valence-corrected chi connectivity index (χ0v) is 11.6. The highest BCUT2D eigenvalue weighted by atomic mass is 16.3. The first kappa shape index (κ1) is 13.9. The Balaban J connectivity index is 1.83. The fourth-order valence-electron chi connectivity index (χ4n) is 2.91. The van der Waals surface area contributed by atoms with Crippen molar-refractivity contribution in [3.63, 3.8) is 0 Å². The minimum Gasteiger partial charge on any atom is -0.508 e. The second-order valence-corrected chi connectivity index (χ2v) is 5.60. The molecule has 1 atom stereocenters. The van der Waals surface area contributed by atoms with Crippen LogP contribution < -0.4 is 5.32 Å². The first-order valence-corrected chi connectivity index (χ1v) is 7.22. The lowest BCUT2D eigenvalue weighted by Crippen LogP contribution is -2.39. The van der Waals surface area contributed by atoms with Gasteiger partial charge in [-0.05, 0) is 43.4 Å². The van der Waals surface area contributed by atoms with Gasteiger partial charge in [0.2, 0.25) is 5.91 Å². The van der Waals surface area contributed by atoms with Crippen molar-refractivity contribution in [1.29, 1.82) is 0 Å². The highest BCUT2D eigenvalue weighted by molar-refractivity contribution is 5.78. The number of rotatable bonds is 4. The van der Waals surface area contributed by atoms with Crippen LogP contribution in [0, 0.1) is 5.92 Å². The number of nitrogens with one attached hydrogen (secondary N) is 1. The Morgan fingerprint density at radius 2 is 2.11 bits per heavy atom. The minimum absolute atomic E-state index is 0.0451. The van der Waals surface area contributed by atoms with E-state index in [4.69, 9.17) is 0 Å². The van der Waals surface area contributed by atoms with Gasteiger partial charge in [-0.3, -0.25) is 4.79 Å². The summed E-state index contributed by atoms with van der Waals surface area (Å²) in [5, 5.41) is 12.5. The number of carbonyl (C=O) groups is 1. The Labute approximate surface area is 115 Å². The molecule has 0 heterocycles. The number of hydrogen-bond acceptors (Lipinski definition) is 2. The summed E-state index contributed by atoms with van der Waals surface area (Å²) in [5.41, 5.74) is 0.855. The molecule has 0 spiro atoms. The smallest absolute Gasteiger partial charge is 0.224 e. The van der Waals surface area contributed by atoms with E-state index in [1.54, 1.807) is 18.2 Å². The van der Waals surface area contributed by atoms with Gasteiger partial charge in [-0.1, -0.05) is 31.4 Å². The van der Waals surface area contributed by atoms with Gasteiger partial charge in [-0.2, -0.15) is 0 Å². The van der Waals surface area contributed by atoms with Crippen LogP contribution in [-0.4, -0.2) is 17.1 Å². The lowest BCUT2D eigenvalue weighted by molar-refractivity contribution is -0.121. The molecular weight excluding hydrogens is 238 g/mol. The zero-order valence-electron chi connectivity index (χ0n) is 11.6. The molecule has 3 nitrogen and oxygen atoms in total. The summed E-state index contributed by atoms with van der Waals surface area (Å²) < 4.78 is 0. The van der Waals surface area contributed by atoms with Crippen LogP contribution in [0.1, 0.15) is 44.6 Å². The van der Waals surface area contributed by atoms with Crippen molar-refractivity contribution in [3.8, 4) is 5.75 Å². The van der Waals surface area contributed by atoms with Crippen LogP contribution in [0.2, 0.25) is 0 Å². The molecule has 3 heteroatoms. The lowest BCUT2D eigenvalue weighted by Gasteiger charge is -2.28. The molecule has 0 aromatic heterocycles. The number of hydrogen-bond donors (Lipinski definition) is 2. The molecule has 0 radical (unpaired) electrons. The quantitative estimate of drug-likeness (QED) is 0.875. The summed E-state index contributed by atoms with van der Waals surface area (Å²) >= 11 is 0. The standard InChI is InChI=1S/C16H23NO2/c1-12(14-7-3-2-4-8-14)17-16(19)11-13-6-5-9-15(18)10-13/h5-6,9-10,12,14,18H,2-4,7-8,11H2,1H3,(H,17,19). The molecular formula is C16H23NO2. The largest absolute Gasteiger partial charge is 0.508 e. The molecule has 104 valence electrons. The van der Waals surface area contributed by atoms with E-state index >= 15 is 0 Å². The van der Waals surface area contributed by atoms with Gasteiger partial charge in [-0.25, -0.2) is 0 Å². The number of phenolic OH excluding ortho intramolecular Hbond substituents is 1. The zero-order chi connectivity index (χ0) is 13.7. The average molecular weight is 261 g/mol. The molecule has 1 aromatic carbocycles. The minimum atomic E-state index is 0.0451. The molecule has 1 saturated carbocycles. The third-order valence-electron chi connectivity index (χ3n) is 4.02. The number of phenols is 1. The molecule has 1 aromatic rings. The molecule has 1 fully saturated rings. The fraction of sp³-hybridized carbons (Fsp3) is 0.562. The maximum absolute atomic E-state index is 12.0. The fourth-order valence-corrected chi connectivity index (χ4v) is 2.91. The van der Waals surface area contributed by atoms with Crippen LogP contribution in [0.4, 0.5) is 0 Å². The number of carbonyl (C=O) groups excluding carboxylic acids is 1. The summed E-state index contributed by atoms with van der Waals surface area (Å²) in [4.78, 5) is 12.0. The van der Waals surface area contributed by atoms with Gasteiger partial charge in [-0.15, -0.1) is 0 Å². The molecule has 1 aliphatic carbocycles. The van der Waals surface area contributed by atoms with Crippen LogP contribution in [0.15, 0.2) is 24.3 Å². The first-order chi connectivity index (χ1) is 9.15. The molecule has 0 saturated heterocycles. The summed E-state index contributed by atoms with van der Waals surface area (Å²) in [7, 11) is 0. The summed E-state index contributed by atoms with van der Waals surface area (Å²) in [6.45, 7) is 2.11. The van der Waals surface area contributed by atoms with Gasteiger partial charge < -0.3 is 10.4 Å². The van der Waals surface area contributed by atoms with E-state index in [0.29, 0.717) is 12.3 Å².